The van der Waals surface area contributed by atoms with Gasteiger partial charge < -0.3 is 15.8 Å². The smallest absolute Gasteiger partial charge is 0.167 e. The van der Waals surface area contributed by atoms with Gasteiger partial charge in [-0.05, 0) is 37.8 Å². The summed E-state index contributed by atoms with van der Waals surface area (Å²) in [6, 6.07) is 4.98. The van der Waals surface area contributed by atoms with E-state index >= 15 is 0 Å². The highest BCUT2D eigenvalue weighted by Gasteiger charge is 2.11. The first-order chi connectivity index (χ1) is 9.47. The number of ether oxygens (including phenoxy) is 1. The zero-order chi connectivity index (χ0) is 14.7. The number of thiophene rings is 1. The first kappa shape index (κ1) is 14.7. The minimum Gasteiger partial charge on any atom is -0.488 e. The zero-order valence-electron chi connectivity index (χ0n) is 11.9. The molecule has 0 unspecified atom stereocenters. The van der Waals surface area contributed by atoms with Crippen LogP contribution in [0.4, 0.5) is 15.8 Å². The Hall–Kier alpha value is -1.75. The zero-order valence-corrected chi connectivity index (χ0v) is 12.7. The molecular formula is C15H19FN2OS. The van der Waals surface area contributed by atoms with E-state index in [9.17, 15) is 4.39 Å². The van der Waals surface area contributed by atoms with Gasteiger partial charge in [0.25, 0.3) is 0 Å². The van der Waals surface area contributed by atoms with Crippen LogP contribution >= 0.6 is 11.3 Å². The number of benzene rings is 1. The molecule has 20 heavy (non-hydrogen) atoms. The Morgan fingerprint density at radius 2 is 2.15 bits per heavy atom. The molecule has 0 aliphatic carbocycles. The van der Waals surface area contributed by atoms with Crippen molar-refractivity contribution < 1.29 is 9.13 Å². The fraction of sp³-hybridized carbons (Fsp3) is 0.333. The number of rotatable bonds is 5. The van der Waals surface area contributed by atoms with Gasteiger partial charge in [0, 0.05) is 23.6 Å². The van der Waals surface area contributed by atoms with E-state index in [-0.39, 0.29) is 11.9 Å². The molecule has 0 amide bonds. The van der Waals surface area contributed by atoms with E-state index in [4.69, 9.17) is 10.5 Å². The third kappa shape index (κ3) is 3.42. The van der Waals surface area contributed by atoms with E-state index in [2.05, 4.69) is 18.3 Å². The lowest BCUT2D eigenvalue weighted by atomic mass is 10.2. The van der Waals surface area contributed by atoms with E-state index < -0.39 is 5.82 Å². The van der Waals surface area contributed by atoms with Gasteiger partial charge in [0.15, 0.2) is 11.6 Å². The molecule has 0 spiro atoms. The lowest BCUT2D eigenvalue weighted by Gasteiger charge is -2.15. The summed E-state index contributed by atoms with van der Waals surface area (Å²) >= 11 is 1.68. The number of nitrogens with two attached hydrogens (primary N) is 1. The molecule has 1 aromatic carbocycles. The van der Waals surface area contributed by atoms with Crippen molar-refractivity contribution in [3.63, 3.8) is 0 Å². The molecule has 5 heteroatoms. The van der Waals surface area contributed by atoms with E-state index in [0.29, 0.717) is 17.9 Å². The van der Waals surface area contributed by atoms with Gasteiger partial charge in [-0.15, -0.1) is 11.3 Å². The Bertz CT molecular complexity index is 596. The molecule has 0 bridgehead atoms. The molecule has 3 nitrogen and oxygen atoms in total. The second-order valence-corrected chi connectivity index (χ2v) is 5.92. The number of anilines is 2. The highest BCUT2D eigenvalue weighted by molar-refractivity contribution is 7.10. The first-order valence-electron chi connectivity index (χ1n) is 6.50. The van der Waals surface area contributed by atoms with Crippen LogP contribution in [0.2, 0.25) is 0 Å². The van der Waals surface area contributed by atoms with Gasteiger partial charge in [-0.2, -0.15) is 0 Å². The van der Waals surface area contributed by atoms with Gasteiger partial charge in [0.2, 0.25) is 0 Å². The van der Waals surface area contributed by atoms with E-state index in [1.807, 2.05) is 19.2 Å². The predicted octanol–water partition coefficient (Wildman–Crippen LogP) is 4.18. The van der Waals surface area contributed by atoms with Crippen LogP contribution in [0.3, 0.4) is 0 Å². The Labute approximate surface area is 122 Å². The fourth-order valence-corrected chi connectivity index (χ4v) is 2.67. The topological polar surface area (TPSA) is 47.3 Å². The van der Waals surface area contributed by atoms with Gasteiger partial charge in [-0.25, -0.2) is 4.39 Å². The molecule has 108 valence electrons. The summed E-state index contributed by atoms with van der Waals surface area (Å²) in [4.78, 5) is 1.24. The van der Waals surface area contributed by atoms with Gasteiger partial charge >= 0.3 is 0 Å². The summed E-state index contributed by atoms with van der Waals surface area (Å²) in [5.74, 6) is -0.214. The number of aryl methyl sites for hydroxylation is 1. The van der Waals surface area contributed by atoms with Crippen LogP contribution < -0.4 is 15.8 Å². The Morgan fingerprint density at radius 3 is 2.75 bits per heavy atom. The number of nitrogen functional groups attached to an aromatic ring is 1. The summed E-state index contributed by atoms with van der Waals surface area (Å²) in [5.41, 5.74) is 8.15. The van der Waals surface area contributed by atoms with E-state index in [0.717, 1.165) is 0 Å². The van der Waals surface area contributed by atoms with Crippen LogP contribution in [0.15, 0.2) is 23.6 Å². The van der Waals surface area contributed by atoms with Crippen LogP contribution in [-0.4, -0.2) is 6.10 Å². The normalized spacial score (nSPS) is 10.8. The van der Waals surface area contributed by atoms with Crippen LogP contribution in [0.25, 0.3) is 0 Å². The van der Waals surface area contributed by atoms with Crippen molar-refractivity contribution in [1.82, 2.24) is 0 Å². The number of hydrogen-bond acceptors (Lipinski definition) is 4. The maximum absolute atomic E-state index is 13.7. The van der Waals surface area contributed by atoms with E-state index in [1.54, 1.807) is 17.4 Å². The molecule has 0 saturated heterocycles. The average molecular weight is 294 g/mol. The lowest BCUT2D eigenvalue weighted by molar-refractivity contribution is 0.231. The second kappa shape index (κ2) is 6.13. The highest BCUT2D eigenvalue weighted by atomic mass is 32.1. The quantitative estimate of drug-likeness (QED) is 0.813. The van der Waals surface area contributed by atoms with E-state index in [1.165, 1.54) is 16.5 Å². The van der Waals surface area contributed by atoms with Crippen LogP contribution in [0, 0.1) is 12.7 Å². The van der Waals surface area contributed by atoms with Crippen molar-refractivity contribution in [3.8, 4) is 5.75 Å². The van der Waals surface area contributed by atoms with Crippen molar-refractivity contribution >= 4 is 22.7 Å². The number of nitrogens with one attached hydrogen (secondary N) is 1. The minimum absolute atomic E-state index is 0.0829. The molecule has 1 heterocycles. The van der Waals surface area contributed by atoms with Crippen molar-refractivity contribution in [2.75, 3.05) is 11.1 Å². The summed E-state index contributed by atoms with van der Waals surface area (Å²) in [5, 5.41) is 5.29. The molecule has 1 aromatic heterocycles. The molecule has 3 N–H and O–H groups in total. The molecule has 0 aliphatic heterocycles. The van der Waals surface area contributed by atoms with Crippen LogP contribution in [0.5, 0.6) is 5.75 Å². The molecule has 0 fully saturated rings. The Morgan fingerprint density at radius 1 is 1.40 bits per heavy atom. The fourth-order valence-electron chi connectivity index (χ4n) is 1.83. The molecular weight excluding hydrogens is 275 g/mol. The monoisotopic (exact) mass is 294 g/mol. The maximum atomic E-state index is 13.7. The summed E-state index contributed by atoms with van der Waals surface area (Å²) in [6.45, 7) is 6.45. The Balaban J connectivity index is 2.16. The lowest BCUT2D eigenvalue weighted by Crippen LogP contribution is -2.09. The number of hydrogen-bond donors (Lipinski definition) is 2. The molecule has 0 atom stereocenters. The SMILES string of the molecule is Cc1ccsc1CNc1cc(OC(C)C)c(F)cc1N. The van der Waals surface area contributed by atoms with Crippen molar-refractivity contribution in [2.45, 2.75) is 33.4 Å². The average Bonchev–Trinajstić information content (AvgIpc) is 2.76. The molecule has 0 aliphatic rings. The standard InChI is InChI=1S/C15H19FN2OS/c1-9(2)19-14-7-13(12(17)6-11(14)16)18-8-15-10(3)4-5-20-15/h4-7,9,18H,8,17H2,1-3H3. The van der Waals surface area contributed by atoms with Crippen molar-refractivity contribution in [2.24, 2.45) is 0 Å². The molecule has 0 saturated carbocycles. The van der Waals surface area contributed by atoms with Crippen molar-refractivity contribution in [3.05, 3.63) is 39.8 Å². The van der Waals surface area contributed by atoms with Crippen LogP contribution in [0.1, 0.15) is 24.3 Å². The minimum atomic E-state index is -0.436. The van der Waals surface area contributed by atoms with Gasteiger partial charge in [-0.1, -0.05) is 0 Å². The van der Waals surface area contributed by atoms with Gasteiger partial charge in [0.05, 0.1) is 17.5 Å². The number of halogens is 1. The first-order valence-corrected chi connectivity index (χ1v) is 7.38. The Kier molecular flexibility index (Phi) is 4.49. The van der Waals surface area contributed by atoms with Crippen molar-refractivity contribution in [1.29, 1.82) is 0 Å². The highest BCUT2D eigenvalue weighted by Crippen LogP contribution is 2.29. The summed E-state index contributed by atoms with van der Waals surface area (Å²) in [7, 11) is 0. The molecule has 2 aromatic rings. The maximum Gasteiger partial charge on any atom is 0.167 e. The summed E-state index contributed by atoms with van der Waals surface area (Å²) < 4.78 is 19.2. The third-order valence-corrected chi connectivity index (χ3v) is 3.90. The largest absolute Gasteiger partial charge is 0.488 e. The summed E-state index contributed by atoms with van der Waals surface area (Å²) in [6.07, 6.45) is -0.0829. The van der Waals surface area contributed by atoms with Gasteiger partial charge in [-0.3, -0.25) is 0 Å². The molecule has 2 rings (SSSR count). The van der Waals surface area contributed by atoms with Gasteiger partial charge in [0.1, 0.15) is 0 Å². The van der Waals surface area contributed by atoms with Crippen LogP contribution in [-0.2, 0) is 6.54 Å². The third-order valence-electron chi connectivity index (χ3n) is 2.87. The second-order valence-electron chi connectivity index (χ2n) is 4.92. The molecule has 0 radical (unpaired) electrons. The predicted molar refractivity (Wildman–Crippen MR) is 83.0 cm³/mol.